The second-order valence-corrected chi connectivity index (χ2v) is 7.32. The lowest BCUT2D eigenvalue weighted by Crippen LogP contribution is -2.15. The van der Waals surface area contributed by atoms with Crippen molar-refractivity contribution in [1.29, 1.82) is 0 Å². The summed E-state index contributed by atoms with van der Waals surface area (Å²) in [4.78, 5) is 4.28. The molecule has 3 rings (SSSR count). The summed E-state index contributed by atoms with van der Waals surface area (Å²) in [6.45, 7) is 0.758. The van der Waals surface area contributed by atoms with Crippen molar-refractivity contribution in [2.45, 2.75) is 31.8 Å². The minimum Gasteiger partial charge on any atom is -0.353 e. The van der Waals surface area contributed by atoms with Crippen LogP contribution in [0.1, 0.15) is 19.3 Å². The molecule has 1 aromatic rings. The quantitative estimate of drug-likeness (QED) is 0.868. The van der Waals surface area contributed by atoms with Gasteiger partial charge in [0.15, 0.2) is 9.84 Å². The van der Waals surface area contributed by atoms with E-state index in [4.69, 9.17) is 0 Å². The molecule has 1 saturated carbocycles. The summed E-state index contributed by atoms with van der Waals surface area (Å²) in [6, 6.07) is 0.573. The van der Waals surface area contributed by atoms with Crippen LogP contribution in [-0.2, 0) is 16.4 Å². The van der Waals surface area contributed by atoms with Gasteiger partial charge in [0.25, 0.3) is 0 Å². The van der Waals surface area contributed by atoms with Gasteiger partial charge in [0, 0.05) is 25.0 Å². The van der Waals surface area contributed by atoms with Gasteiger partial charge in [0.05, 0.1) is 11.5 Å². The summed E-state index contributed by atoms with van der Waals surface area (Å²) in [5.41, 5.74) is 0. The monoisotopic (exact) mass is 255 g/mol. The number of sulfone groups is 1. The highest BCUT2D eigenvalue weighted by atomic mass is 32.2. The van der Waals surface area contributed by atoms with Crippen LogP contribution in [0.2, 0.25) is 0 Å². The molecule has 0 amide bonds. The fourth-order valence-electron chi connectivity index (χ4n) is 2.30. The van der Waals surface area contributed by atoms with E-state index in [1.165, 1.54) is 12.8 Å². The Morgan fingerprint density at radius 2 is 2.24 bits per heavy atom. The minimum atomic E-state index is -2.78. The van der Waals surface area contributed by atoms with Gasteiger partial charge < -0.3 is 9.88 Å². The smallest absolute Gasteiger partial charge is 0.202 e. The number of rotatable bonds is 4. The number of hydrogen-bond donors (Lipinski definition) is 1. The Kier molecular flexibility index (Phi) is 2.61. The van der Waals surface area contributed by atoms with Gasteiger partial charge in [-0.3, -0.25) is 0 Å². The van der Waals surface area contributed by atoms with Crippen LogP contribution in [0.5, 0.6) is 0 Å². The first-order valence-corrected chi connectivity index (χ1v) is 7.93. The van der Waals surface area contributed by atoms with E-state index in [2.05, 4.69) is 10.3 Å². The van der Waals surface area contributed by atoms with Crippen LogP contribution < -0.4 is 5.32 Å². The Hall–Kier alpha value is -1.04. The van der Waals surface area contributed by atoms with E-state index in [1.54, 1.807) is 6.20 Å². The third-order valence-corrected chi connectivity index (χ3v) is 5.24. The van der Waals surface area contributed by atoms with Gasteiger partial charge in [-0.15, -0.1) is 0 Å². The van der Waals surface area contributed by atoms with Crippen molar-refractivity contribution in [3.05, 3.63) is 12.4 Å². The maximum Gasteiger partial charge on any atom is 0.202 e. The molecule has 1 N–H and O–H groups in total. The van der Waals surface area contributed by atoms with Crippen molar-refractivity contribution in [1.82, 2.24) is 9.55 Å². The van der Waals surface area contributed by atoms with Gasteiger partial charge in [-0.2, -0.15) is 0 Å². The van der Waals surface area contributed by atoms with Crippen LogP contribution in [0, 0.1) is 5.92 Å². The van der Waals surface area contributed by atoms with Crippen LogP contribution in [0.3, 0.4) is 0 Å². The van der Waals surface area contributed by atoms with E-state index < -0.39 is 9.84 Å². The number of nitrogens with one attached hydrogen (secondary N) is 1. The lowest BCUT2D eigenvalue weighted by Gasteiger charge is -2.12. The molecule has 1 atom stereocenters. The molecule has 1 unspecified atom stereocenters. The first kappa shape index (κ1) is 11.1. The fourth-order valence-corrected chi connectivity index (χ4v) is 4.15. The van der Waals surface area contributed by atoms with E-state index >= 15 is 0 Å². The van der Waals surface area contributed by atoms with Gasteiger partial charge in [-0.25, -0.2) is 13.4 Å². The minimum absolute atomic E-state index is 0.244. The maximum atomic E-state index is 11.4. The fraction of sp³-hybridized carbons (Fsp3) is 0.727. The van der Waals surface area contributed by atoms with Gasteiger partial charge in [-0.05, 0) is 25.2 Å². The Bertz CT molecular complexity index is 505. The standard InChI is InChI=1S/C11H17N3O2S/c15-17(16)6-3-9(8-17)7-14-5-4-12-11(14)13-10-1-2-10/h4-5,9-10H,1-3,6-8H2,(H,12,13). The van der Waals surface area contributed by atoms with Crippen molar-refractivity contribution in [2.75, 3.05) is 16.8 Å². The number of anilines is 1. The Morgan fingerprint density at radius 1 is 1.41 bits per heavy atom. The van der Waals surface area contributed by atoms with Crippen LogP contribution in [-0.4, -0.2) is 35.5 Å². The molecular formula is C11H17N3O2S. The summed E-state index contributed by atoms with van der Waals surface area (Å²) in [6.07, 6.45) is 6.91. The molecule has 0 aromatic carbocycles. The molecule has 1 saturated heterocycles. The normalized spacial score (nSPS) is 27.2. The molecule has 5 nitrogen and oxygen atoms in total. The summed E-state index contributed by atoms with van der Waals surface area (Å²) < 4.78 is 24.8. The molecule has 0 spiro atoms. The number of hydrogen-bond acceptors (Lipinski definition) is 4. The summed E-state index contributed by atoms with van der Waals surface area (Å²) in [7, 11) is -2.78. The molecular weight excluding hydrogens is 238 g/mol. The van der Waals surface area contributed by atoms with Gasteiger partial charge in [0.2, 0.25) is 5.95 Å². The average Bonchev–Trinajstić information content (AvgIpc) is 2.87. The first-order valence-electron chi connectivity index (χ1n) is 6.10. The average molecular weight is 255 g/mol. The highest BCUT2D eigenvalue weighted by molar-refractivity contribution is 7.91. The number of nitrogens with zero attached hydrogens (tertiary/aromatic N) is 2. The van der Waals surface area contributed by atoms with Crippen molar-refractivity contribution in [3.63, 3.8) is 0 Å². The molecule has 1 aromatic heterocycles. The molecule has 2 heterocycles. The molecule has 17 heavy (non-hydrogen) atoms. The van der Waals surface area contributed by atoms with Crippen molar-refractivity contribution in [3.8, 4) is 0 Å². The number of imidazole rings is 1. The summed E-state index contributed by atoms with van der Waals surface area (Å²) in [5.74, 6) is 1.80. The maximum absolute atomic E-state index is 11.4. The van der Waals surface area contributed by atoms with E-state index in [0.717, 1.165) is 18.9 Å². The third kappa shape index (κ3) is 2.62. The van der Waals surface area contributed by atoms with Crippen molar-refractivity contribution < 1.29 is 8.42 Å². The zero-order chi connectivity index (χ0) is 11.9. The summed E-state index contributed by atoms with van der Waals surface area (Å²) in [5, 5.41) is 3.36. The van der Waals surface area contributed by atoms with E-state index in [1.807, 2.05) is 10.8 Å². The lowest BCUT2D eigenvalue weighted by molar-refractivity contribution is 0.493. The van der Waals surface area contributed by atoms with Crippen LogP contribution in [0.25, 0.3) is 0 Å². The molecule has 0 bridgehead atoms. The largest absolute Gasteiger partial charge is 0.353 e. The van der Waals surface area contributed by atoms with Crippen LogP contribution >= 0.6 is 0 Å². The van der Waals surface area contributed by atoms with Crippen LogP contribution in [0.4, 0.5) is 5.95 Å². The van der Waals surface area contributed by atoms with Crippen molar-refractivity contribution >= 4 is 15.8 Å². The zero-order valence-electron chi connectivity index (χ0n) is 9.67. The van der Waals surface area contributed by atoms with Gasteiger partial charge in [-0.1, -0.05) is 0 Å². The Labute approximate surface area is 101 Å². The second kappa shape index (κ2) is 4.01. The van der Waals surface area contributed by atoms with Crippen LogP contribution in [0.15, 0.2) is 12.4 Å². The number of aromatic nitrogens is 2. The SMILES string of the molecule is O=S1(=O)CCC(Cn2ccnc2NC2CC2)C1. The molecule has 6 heteroatoms. The Morgan fingerprint density at radius 3 is 2.88 bits per heavy atom. The third-order valence-electron chi connectivity index (χ3n) is 3.41. The molecule has 1 aliphatic heterocycles. The molecule has 94 valence electrons. The molecule has 0 radical (unpaired) electrons. The van der Waals surface area contributed by atoms with Crippen molar-refractivity contribution in [2.24, 2.45) is 5.92 Å². The topological polar surface area (TPSA) is 64.0 Å². The summed E-state index contributed by atoms with van der Waals surface area (Å²) >= 11 is 0. The van der Waals surface area contributed by atoms with Gasteiger partial charge >= 0.3 is 0 Å². The Balaban J connectivity index is 1.66. The molecule has 2 fully saturated rings. The lowest BCUT2D eigenvalue weighted by atomic mass is 10.1. The van der Waals surface area contributed by atoms with E-state index in [-0.39, 0.29) is 5.92 Å². The first-order chi connectivity index (χ1) is 8.12. The zero-order valence-corrected chi connectivity index (χ0v) is 10.5. The predicted molar refractivity (Wildman–Crippen MR) is 65.6 cm³/mol. The molecule has 2 aliphatic rings. The van der Waals surface area contributed by atoms with E-state index in [9.17, 15) is 8.42 Å². The van der Waals surface area contributed by atoms with Gasteiger partial charge in [0.1, 0.15) is 0 Å². The highest BCUT2D eigenvalue weighted by Gasteiger charge is 2.29. The molecule has 1 aliphatic carbocycles. The highest BCUT2D eigenvalue weighted by Crippen LogP contribution is 2.25. The second-order valence-electron chi connectivity index (χ2n) is 5.09. The predicted octanol–water partition coefficient (Wildman–Crippen LogP) is 0.892. The van der Waals surface area contributed by atoms with E-state index in [0.29, 0.717) is 17.5 Å².